The Bertz CT molecular complexity index is 785. The van der Waals surface area contributed by atoms with E-state index >= 15 is 0 Å². The zero-order chi connectivity index (χ0) is 16.3. The molecule has 0 aliphatic carbocycles. The van der Waals surface area contributed by atoms with Gasteiger partial charge in [-0.25, -0.2) is 13.4 Å². The number of thiazole rings is 1. The molecule has 1 unspecified atom stereocenters. The zero-order valence-electron chi connectivity index (χ0n) is 12.6. The molecule has 1 fully saturated rings. The molecule has 5 nitrogen and oxygen atoms in total. The smallest absolute Gasteiger partial charge is 0.226 e. The van der Waals surface area contributed by atoms with Gasteiger partial charge in [0.2, 0.25) is 5.91 Å². The first-order valence-electron chi connectivity index (χ1n) is 7.47. The Kier molecular flexibility index (Phi) is 4.77. The van der Waals surface area contributed by atoms with Crippen molar-refractivity contribution >= 4 is 27.1 Å². The lowest BCUT2D eigenvalue weighted by Crippen LogP contribution is -2.36. The number of sulfone groups is 1. The molecule has 1 saturated heterocycles. The van der Waals surface area contributed by atoms with Gasteiger partial charge in [0.1, 0.15) is 0 Å². The summed E-state index contributed by atoms with van der Waals surface area (Å²) >= 11 is 1.54. The minimum absolute atomic E-state index is 0.0507. The molecule has 1 aromatic heterocycles. The fourth-order valence-corrected chi connectivity index (χ4v) is 5.14. The number of rotatable bonds is 5. The first-order chi connectivity index (χ1) is 11.0. The van der Waals surface area contributed by atoms with E-state index in [-0.39, 0.29) is 29.9 Å². The maximum Gasteiger partial charge on any atom is 0.226 e. The zero-order valence-corrected chi connectivity index (χ0v) is 14.2. The van der Waals surface area contributed by atoms with Gasteiger partial charge in [-0.1, -0.05) is 30.3 Å². The molecule has 1 aliphatic heterocycles. The predicted molar refractivity (Wildman–Crippen MR) is 90.3 cm³/mol. The lowest BCUT2D eigenvalue weighted by molar-refractivity contribution is -0.121. The Labute approximate surface area is 139 Å². The number of aromatic nitrogens is 1. The maximum absolute atomic E-state index is 12.0. The highest BCUT2D eigenvalue weighted by atomic mass is 32.2. The van der Waals surface area contributed by atoms with Crippen LogP contribution in [0.1, 0.15) is 22.7 Å². The Morgan fingerprint density at radius 3 is 2.78 bits per heavy atom. The SMILES string of the molecule is O=C(Cc1csc(Cc2ccccc2)n1)NC1CCS(=O)(=O)C1. The van der Waals surface area contributed by atoms with Crippen molar-refractivity contribution in [2.24, 2.45) is 0 Å². The summed E-state index contributed by atoms with van der Waals surface area (Å²) in [6, 6.07) is 9.81. The summed E-state index contributed by atoms with van der Waals surface area (Å²) in [5.41, 5.74) is 1.92. The highest BCUT2D eigenvalue weighted by Gasteiger charge is 2.28. The number of nitrogens with one attached hydrogen (secondary N) is 1. The van der Waals surface area contributed by atoms with Gasteiger partial charge >= 0.3 is 0 Å². The van der Waals surface area contributed by atoms with Crippen LogP contribution in [0, 0.1) is 0 Å². The van der Waals surface area contributed by atoms with E-state index in [1.807, 2.05) is 35.7 Å². The number of carbonyl (C=O) groups excluding carboxylic acids is 1. The van der Waals surface area contributed by atoms with Crippen LogP contribution in [0.4, 0.5) is 0 Å². The number of hydrogen-bond acceptors (Lipinski definition) is 5. The number of carbonyl (C=O) groups is 1. The second-order valence-corrected chi connectivity index (χ2v) is 8.91. The highest BCUT2D eigenvalue weighted by molar-refractivity contribution is 7.91. The number of nitrogens with zero attached hydrogens (tertiary/aromatic N) is 1. The summed E-state index contributed by atoms with van der Waals surface area (Å²) in [6.07, 6.45) is 1.46. The second-order valence-electron chi connectivity index (χ2n) is 5.74. The molecular formula is C16H18N2O3S2. The fraction of sp³-hybridized carbons (Fsp3) is 0.375. The molecule has 2 aromatic rings. The first kappa shape index (κ1) is 16.1. The summed E-state index contributed by atoms with van der Waals surface area (Å²) in [4.78, 5) is 16.5. The van der Waals surface area contributed by atoms with Gasteiger partial charge in [0.15, 0.2) is 9.84 Å². The molecule has 2 heterocycles. The summed E-state index contributed by atoms with van der Waals surface area (Å²) in [5, 5.41) is 5.66. The lowest BCUT2D eigenvalue weighted by Gasteiger charge is -2.09. The minimum Gasteiger partial charge on any atom is -0.352 e. The molecule has 1 amide bonds. The number of benzene rings is 1. The van der Waals surface area contributed by atoms with Crippen LogP contribution >= 0.6 is 11.3 Å². The molecule has 0 saturated carbocycles. The van der Waals surface area contributed by atoms with Crippen molar-refractivity contribution < 1.29 is 13.2 Å². The first-order valence-corrected chi connectivity index (χ1v) is 10.2. The van der Waals surface area contributed by atoms with Crippen LogP contribution < -0.4 is 5.32 Å². The van der Waals surface area contributed by atoms with E-state index in [0.717, 1.165) is 17.1 Å². The van der Waals surface area contributed by atoms with Crippen LogP contribution in [0.15, 0.2) is 35.7 Å². The van der Waals surface area contributed by atoms with E-state index < -0.39 is 9.84 Å². The Morgan fingerprint density at radius 2 is 2.09 bits per heavy atom. The number of hydrogen-bond donors (Lipinski definition) is 1. The Balaban J connectivity index is 1.53. The third-order valence-electron chi connectivity index (χ3n) is 3.74. The van der Waals surface area contributed by atoms with E-state index in [1.165, 1.54) is 5.56 Å². The van der Waals surface area contributed by atoms with Gasteiger partial charge < -0.3 is 5.32 Å². The van der Waals surface area contributed by atoms with Crippen molar-refractivity contribution in [1.82, 2.24) is 10.3 Å². The van der Waals surface area contributed by atoms with E-state index in [9.17, 15) is 13.2 Å². The third-order valence-corrected chi connectivity index (χ3v) is 6.40. The Morgan fingerprint density at radius 1 is 1.30 bits per heavy atom. The van der Waals surface area contributed by atoms with Gasteiger partial charge in [0, 0.05) is 17.8 Å². The van der Waals surface area contributed by atoms with Crippen molar-refractivity contribution in [2.75, 3.05) is 11.5 Å². The van der Waals surface area contributed by atoms with Crippen molar-refractivity contribution in [2.45, 2.75) is 25.3 Å². The van der Waals surface area contributed by atoms with Crippen LogP contribution in [0.25, 0.3) is 0 Å². The molecular weight excluding hydrogens is 332 g/mol. The summed E-state index contributed by atoms with van der Waals surface area (Å²) in [7, 11) is -2.97. The topological polar surface area (TPSA) is 76.1 Å². The van der Waals surface area contributed by atoms with Crippen molar-refractivity contribution in [3.63, 3.8) is 0 Å². The van der Waals surface area contributed by atoms with E-state index in [2.05, 4.69) is 10.3 Å². The van der Waals surface area contributed by atoms with Crippen molar-refractivity contribution in [1.29, 1.82) is 0 Å². The normalized spacial score (nSPS) is 19.6. The van der Waals surface area contributed by atoms with Gasteiger partial charge in [-0.3, -0.25) is 4.79 Å². The van der Waals surface area contributed by atoms with E-state index in [1.54, 1.807) is 11.3 Å². The minimum atomic E-state index is -2.97. The standard InChI is InChI=1S/C16H18N2O3S2/c19-15(17-13-6-7-23(20,21)11-13)9-14-10-22-16(18-14)8-12-4-2-1-3-5-12/h1-5,10,13H,6-9,11H2,(H,17,19). The van der Waals surface area contributed by atoms with Gasteiger partial charge in [-0.2, -0.15) is 0 Å². The molecule has 1 aliphatic rings. The predicted octanol–water partition coefficient (Wildman–Crippen LogP) is 1.58. The summed E-state index contributed by atoms with van der Waals surface area (Å²) in [6.45, 7) is 0. The molecule has 3 rings (SSSR count). The fourth-order valence-electron chi connectivity index (χ4n) is 2.63. The lowest BCUT2D eigenvalue weighted by atomic mass is 10.2. The van der Waals surface area contributed by atoms with Crippen LogP contribution in [-0.2, 0) is 27.5 Å². The van der Waals surface area contributed by atoms with Crippen LogP contribution in [-0.4, -0.2) is 36.9 Å². The molecule has 1 atom stereocenters. The Hall–Kier alpha value is -1.73. The monoisotopic (exact) mass is 350 g/mol. The number of amides is 1. The van der Waals surface area contributed by atoms with Crippen LogP contribution in [0.2, 0.25) is 0 Å². The molecule has 0 spiro atoms. The van der Waals surface area contributed by atoms with Gasteiger partial charge in [-0.15, -0.1) is 11.3 Å². The van der Waals surface area contributed by atoms with Gasteiger partial charge in [-0.05, 0) is 12.0 Å². The average molecular weight is 350 g/mol. The summed E-state index contributed by atoms with van der Waals surface area (Å²) < 4.78 is 22.8. The third kappa shape index (κ3) is 4.62. The molecule has 0 bridgehead atoms. The molecule has 0 radical (unpaired) electrons. The highest BCUT2D eigenvalue weighted by Crippen LogP contribution is 2.16. The largest absolute Gasteiger partial charge is 0.352 e. The van der Waals surface area contributed by atoms with Crippen molar-refractivity contribution in [3.8, 4) is 0 Å². The second kappa shape index (κ2) is 6.80. The van der Waals surface area contributed by atoms with Gasteiger partial charge in [0.25, 0.3) is 0 Å². The molecule has 1 N–H and O–H groups in total. The molecule has 1 aromatic carbocycles. The quantitative estimate of drug-likeness (QED) is 0.888. The van der Waals surface area contributed by atoms with E-state index in [4.69, 9.17) is 0 Å². The molecule has 122 valence electrons. The van der Waals surface area contributed by atoms with Crippen molar-refractivity contribution in [3.05, 3.63) is 52.0 Å². The van der Waals surface area contributed by atoms with Gasteiger partial charge in [0.05, 0.1) is 28.6 Å². The maximum atomic E-state index is 12.0. The average Bonchev–Trinajstić information content (AvgIpc) is 3.06. The molecule has 23 heavy (non-hydrogen) atoms. The summed E-state index contributed by atoms with van der Waals surface area (Å²) in [5.74, 6) is 0.0500. The van der Waals surface area contributed by atoms with E-state index in [0.29, 0.717) is 6.42 Å². The van der Waals surface area contributed by atoms with Crippen LogP contribution in [0.3, 0.4) is 0 Å². The van der Waals surface area contributed by atoms with Crippen LogP contribution in [0.5, 0.6) is 0 Å². The molecule has 7 heteroatoms.